The van der Waals surface area contributed by atoms with Crippen LogP contribution in [0.2, 0.25) is 0 Å². The van der Waals surface area contributed by atoms with Gasteiger partial charge in [0.05, 0.1) is 11.5 Å². The van der Waals surface area contributed by atoms with Crippen LogP contribution < -0.4 is 0 Å². The molecule has 0 bridgehead atoms. The Morgan fingerprint density at radius 3 is 2.14 bits per heavy atom. The van der Waals surface area contributed by atoms with Gasteiger partial charge in [0.25, 0.3) is 0 Å². The van der Waals surface area contributed by atoms with Crippen LogP contribution in [-0.4, -0.2) is 37.0 Å². The van der Waals surface area contributed by atoms with Crippen molar-refractivity contribution in [2.75, 3.05) is 13.2 Å². The minimum atomic E-state index is -3.51. The van der Waals surface area contributed by atoms with Gasteiger partial charge in [0, 0.05) is 12.6 Å². The van der Waals surface area contributed by atoms with Crippen molar-refractivity contribution < 1.29 is 13.5 Å². The maximum Gasteiger partial charge on any atom is 0.243 e. The van der Waals surface area contributed by atoms with E-state index in [9.17, 15) is 8.42 Å². The van der Waals surface area contributed by atoms with Gasteiger partial charge in [-0.15, -0.1) is 0 Å². The van der Waals surface area contributed by atoms with Crippen LogP contribution in [0.1, 0.15) is 45.6 Å². The highest BCUT2D eigenvalue weighted by Crippen LogP contribution is 2.30. The smallest absolute Gasteiger partial charge is 0.243 e. The number of nitrogens with zero attached hydrogens (tertiary/aromatic N) is 1. The Morgan fingerprint density at radius 1 is 1.19 bits per heavy atom. The van der Waals surface area contributed by atoms with E-state index in [1.54, 1.807) is 12.1 Å². The zero-order valence-electron chi connectivity index (χ0n) is 13.0. The molecule has 0 unspecified atom stereocenters. The van der Waals surface area contributed by atoms with Crippen LogP contribution in [-0.2, 0) is 15.4 Å². The van der Waals surface area contributed by atoms with Gasteiger partial charge in [-0.1, -0.05) is 39.3 Å². The van der Waals surface area contributed by atoms with E-state index in [4.69, 9.17) is 5.11 Å². The molecule has 21 heavy (non-hydrogen) atoms. The predicted molar refractivity (Wildman–Crippen MR) is 83.8 cm³/mol. The van der Waals surface area contributed by atoms with Crippen molar-refractivity contribution in [2.24, 2.45) is 0 Å². The van der Waals surface area contributed by atoms with E-state index in [0.717, 1.165) is 24.8 Å². The van der Waals surface area contributed by atoms with Crippen LogP contribution in [0.15, 0.2) is 29.2 Å². The summed E-state index contributed by atoms with van der Waals surface area (Å²) in [4.78, 5) is 0.316. The summed E-state index contributed by atoms with van der Waals surface area (Å²) in [6, 6.07) is 7.16. The average molecular weight is 311 g/mol. The van der Waals surface area contributed by atoms with Crippen molar-refractivity contribution in [2.45, 2.75) is 56.4 Å². The van der Waals surface area contributed by atoms with E-state index in [-0.39, 0.29) is 24.6 Å². The first-order valence-electron chi connectivity index (χ1n) is 7.50. The zero-order chi connectivity index (χ0) is 15.7. The maximum atomic E-state index is 12.7. The fourth-order valence-electron chi connectivity index (χ4n) is 2.53. The topological polar surface area (TPSA) is 57.6 Å². The fourth-order valence-corrected chi connectivity index (χ4v) is 4.21. The number of hydrogen-bond donors (Lipinski definition) is 1. The molecule has 4 nitrogen and oxygen atoms in total. The molecule has 1 aliphatic rings. The normalized spacial score (nSPS) is 17.0. The van der Waals surface area contributed by atoms with Crippen LogP contribution in [0.25, 0.3) is 0 Å². The van der Waals surface area contributed by atoms with Crippen LogP contribution in [0.4, 0.5) is 0 Å². The van der Waals surface area contributed by atoms with Crippen molar-refractivity contribution in [3.8, 4) is 0 Å². The maximum absolute atomic E-state index is 12.7. The molecule has 1 saturated carbocycles. The Morgan fingerprint density at radius 2 is 1.76 bits per heavy atom. The number of rotatable bonds is 5. The molecule has 1 aliphatic carbocycles. The second-order valence-corrected chi connectivity index (χ2v) is 8.59. The highest BCUT2D eigenvalue weighted by Gasteiger charge is 2.34. The lowest BCUT2D eigenvalue weighted by molar-refractivity contribution is 0.178. The Labute approximate surface area is 127 Å². The molecule has 1 aromatic carbocycles. The van der Waals surface area contributed by atoms with Crippen LogP contribution in [0.3, 0.4) is 0 Å². The average Bonchev–Trinajstić information content (AvgIpc) is 2.35. The quantitative estimate of drug-likeness (QED) is 0.909. The summed E-state index contributed by atoms with van der Waals surface area (Å²) in [5.74, 6) is 0. The molecule has 0 amide bonds. The first-order chi connectivity index (χ1) is 9.76. The molecule has 0 atom stereocenters. The van der Waals surface area contributed by atoms with Gasteiger partial charge in [0.2, 0.25) is 10.0 Å². The van der Waals surface area contributed by atoms with Gasteiger partial charge in [0.1, 0.15) is 0 Å². The predicted octanol–water partition coefficient (Wildman–Crippen LogP) is 2.52. The summed E-state index contributed by atoms with van der Waals surface area (Å²) in [5.41, 5.74) is 1.11. The largest absolute Gasteiger partial charge is 0.395 e. The third-order valence-corrected chi connectivity index (χ3v) is 6.10. The molecule has 0 spiro atoms. The van der Waals surface area contributed by atoms with E-state index in [1.165, 1.54) is 4.31 Å². The van der Waals surface area contributed by atoms with Gasteiger partial charge >= 0.3 is 0 Å². The summed E-state index contributed by atoms with van der Waals surface area (Å²) in [6.07, 6.45) is 2.84. The minimum absolute atomic E-state index is 0.00104. The summed E-state index contributed by atoms with van der Waals surface area (Å²) >= 11 is 0. The first-order valence-corrected chi connectivity index (χ1v) is 8.94. The van der Waals surface area contributed by atoms with E-state index < -0.39 is 10.0 Å². The molecule has 1 fully saturated rings. The Bertz CT molecular complexity index is 569. The second kappa shape index (κ2) is 6.07. The van der Waals surface area contributed by atoms with Crippen LogP contribution in [0.5, 0.6) is 0 Å². The van der Waals surface area contributed by atoms with Crippen LogP contribution in [0, 0.1) is 0 Å². The monoisotopic (exact) mass is 311 g/mol. The first kappa shape index (κ1) is 16.5. The van der Waals surface area contributed by atoms with E-state index >= 15 is 0 Å². The van der Waals surface area contributed by atoms with Crippen molar-refractivity contribution in [3.05, 3.63) is 29.8 Å². The highest BCUT2D eigenvalue weighted by molar-refractivity contribution is 7.89. The van der Waals surface area contributed by atoms with Gasteiger partial charge in [0.15, 0.2) is 0 Å². The molecule has 118 valence electrons. The van der Waals surface area contributed by atoms with Crippen molar-refractivity contribution in [3.63, 3.8) is 0 Å². The molecule has 1 N–H and O–H groups in total. The molecule has 2 rings (SSSR count). The van der Waals surface area contributed by atoms with E-state index in [0.29, 0.717) is 4.90 Å². The van der Waals surface area contributed by atoms with Crippen molar-refractivity contribution in [1.29, 1.82) is 0 Å². The zero-order valence-corrected chi connectivity index (χ0v) is 13.9. The third kappa shape index (κ3) is 3.47. The summed E-state index contributed by atoms with van der Waals surface area (Å²) in [5, 5.41) is 9.16. The Kier molecular flexibility index (Phi) is 4.76. The van der Waals surface area contributed by atoms with Gasteiger partial charge in [-0.25, -0.2) is 8.42 Å². The lowest BCUT2D eigenvalue weighted by atomic mass is 9.87. The van der Waals surface area contributed by atoms with Gasteiger partial charge in [-0.3, -0.25) is 0 Å². The number of sulfonamides is 1. The number of hydrogen-bond acceptors (Lipinski definition) is 3. The molecule has 0 heterocycles. The molecule has 1 aromatic rings. The third-order valence-electron chi connectivity index (χ3n) is 4.13. The standard InChI is InChI=1S/C16H25NO3S/c1-16(2,3)13-7-9-15(10-8-13)21(19,20)17(11-12-18)14-5-4-6-14/h7-10,14,18H,4-6,11-12H2,1-3H3. The Hall–Kier alpha value is -0.910. The molecule has 0 radical (unpaired) electrons. The molecule has 0 saturated heterocycles. The second-order valence-electron chi connectivity index (χ2n) is 6.70. The lowest BCUT2D eigenvalue weighted by Crippen LogP contribution is -2.45. The fraction of sp³-hybridized carbons (Fsp3) is 0.625. The van der Waals surface area contributed by atoms with Gasteiger partial charge in [-0.05, 0) is 36.0 Å². The van der Waals surface area contributed by atoms with Crippen LogP contribution >= 0.6 is 0 Å². The number of aliphatic hydroxyl groups is 1. The number of benzene rings is 1. The summed E-state index contributed by atoms with van der Waals surface area (Å²) in [7, 11) is -3.51. The van der Waals surface area contributed by atoms with Crippen molar-refractivity contribution in [1.82, 2.24) is 4.31 Å². The summed E-state index contributed by atoms with van der Waals surface area (Å²) < 4.78 is 26.9. The van der Waals surface area contributed by atoms with Gasteiger partial charge < -0.3 is 5.11 Å². The molecular formula is C16H25NO3S. The van der Waals surface area contributed by atoms with E-state index in [2.05, 4.69) is 20.8 Å². The minimum Gasteiger partial charge on any atom is -0.395 e. The SMILES string of the molecule is CC(C)(C)c1ccc(S(=O)(=O)N(CCO)C2CCC2)cc1. The molecule has 0 aliphatic heterocycles. The molecule has 5 heteroatoms. The van der Waals surface area contributed by atoms with Gasteiger partial charge in [-0.2, -0.15) is 4.31 Å². The van der Waals surface area contributed by atoms with Crippen molar-refractivity contribution >= 4 is 10.0 Å². The molecule has 0 aromatic heterocycles. The Balaban J connectivity index is 2.29. The van der Waals surface area contributed by atoms with E-state index in [1.807, 2.05) is 12.1 Å². The molecular weight excluding hydrogens is 286 g/mol. The highest BCUT2D eigenvalue weighted by atomic mass is 32.2. The number of aliphatic hydroxyl groups excluding tert-OH is 1. The summed E-state index contributed by atoms with van der Waals surface area (Å²) in [6.45, 7) is 6.33. The lowest BCUT2D eigenvalue weighted by Gasteiger charge is -2.36.